The number of hydrogen-bond acceptors (Lipinski definition) is 4. The molecule has 1 unspecified atom stereocenters. The van der Waals surface area contributed by atoms with Crippen LogP contribution in [0.1, 0.15) is 11.1 Å². The molecule has 2 aliphatic heterocycles. The Morgan fingerprint density at radius 3 is 2.93 bits per heavy atom. The minimum absolute atomic E-state index is 0.0737. The summed E-state index contributed by atoms with van der Waals surface area (Å²) in [4.78, 5) is 4.58. The van der Waals surface area contributed by atoms with E-state index in [9.17, 15) is 0 Å². The van der Waals surface area contributed by atoms with Crippen molar-refractivity contribution < 1.29 is 0 Å². The first-order valence-electron chi connectivity index (χ1n) is 4.77. The number of thioether (sulfide) groups is 1. The molecule has 2 heterocycles. The molecule has 0 bridgehead atoms. The summed E-state index contributed by atoms with van der Waals surface area (Å²) in [5.41, 5.74) is 2.45. The van der Waals surface area contributed by atoms with Gasteiger partial charge in [-0.1, -0.05) is 24.3 Å². The Kier molecular flexibility index (Phi) is 1.95. The van der Waals surface area contributed by atoms with Gasteiger partial charge in [0.2, 0.25) is 0 Å². The molecular formula is C11H9N3S. The number of hydrogen-bond donors (Lipinski definition) is 0. The van der Waals surface area contributed by atoms with Gasteiger partial charge in [0.05, 0.1) is 6.21 Å². The van der Waals surface area contributed by atoms with Gasteiger partial charge in [-0.15, -0.1) is 5.10 Å². The van der Waals surface area contributed by atoms with Gasteiger partial charge in [-0.25, -0.2) is 0 Å². The summed E-state index contributed by atoms with van der Waals surface area (Å²) in [6.45, 7) is 2.10. The van der Waals surface area contributed by atoms with E-state index in [1.54, 1.807) is 18.0 Å². The van der Waals surface area contributed by atoms with Crippen molar-refractivity contribution >= 4 is 28.1 Å². The number of rotatable bonds is 1. The van der Waals surface area contributed by atoms with Crippen molar-refractivity contribution in [2.24, 2.45) is 15.2 Å². The number of nitrogens with zero attached hydrogens (tertiary/aromatic N) is 3. The summed E-state index contributed by atoms with van der Waals surface area (Å²) in [6, 6.07) is 8.35. The molecule has 15 heavy (non-hydrogen) atoms. The van der Waals surface area contributed by atoms with Gasteiger partial charge in [0.15, 0.2) is 0 Å². The van der Waals surface area contributed by atoms with E-state index in [4.69, 9.17) is 0 Å². The number of benzene rings is 1. The maximum Gasteiger partial charge on any atom is 0.138 e. The molecule has 4 heteroatoms. The van der Waals surface area contributed by atoms with Crippen molar-refractivity contribution in [3.63, 3.8) is 0 Å². The second-order valence-electron chi connectivity index (χ2n) is 3.50. The van der Waals surface area contributed by atoms with E-state index in [-0.39, 0.29) is 6.04 Å². The standard InChI is InChI=1S/C11H9N3S/c1-7-4-2-3-5-8(7)10-13-9-6-12-14-11(9)15-10/h2-6,9H,1H3. The fraction of sp³-hybridized carbons (Fsp3) is 0.182. The van der Waals surface area contributed by atoms with Gasteiger partial charge in [0.1, 0.15) is 16.1 Å². The minimum atomic E-state index is 0.0737. The van der Waals surface area contributed by atoms with Crippen LogP contribution in [0.4, 0.5) is 0 Å². The molecule has 1 aromatic rings. The lowest BCUT2D eigenvalue weighted by atomic mass is 10.1. The zero-order chi connectivity index (χ0) is 10.3. The average molecular weight is 215 g/mol. The van der Waals surface area contributed by atoms with E-state index in [2.05, 4.69) is 34.3 Å². The van der Waals surface area contributed by atoms with Crippen LogP contribution in [0.2, 0.25) is 0 Å². The third-order valence-electron chi connectivity index (χ3n) is 2.45. The van der Waals surface area contributed by atoms with Crippen LogP contribution < -0.4 is 0 Å². The van der Waals surface area contributed by atoms with Crippen molar-refractivity contribution in [2.45, 2.75) is 13.0 Å². The maximum absolute atomic E-state index is 4.58. The van der Waals surface area contributed by atoms with Crippen molar-refractivity contribution in [1.82, 2.24) is 0 Å². The second-order valence-corrected chi connectivity index (χ2v) is 4.51. The van der Waals surface area contributed by atoms with Crippen molar-refractivity contribution in [1.29, 1.82) is 0 Å². The summed E-state index contributed by atoms with van der Waals surface area (Å²) >= 11 is 1.62. The molecule has 0 aliphatic carbocycles. The SMILES string of the molecule is Cc1ccccc1C1=NC2C=NN=C2S1. The topological polar surface area (TPSA) is 37.1 Å². The molecule has 0 fully saturated rings. The Morgan fingerprint density at radius 1 is 1.27 bits per heavy atom. The molecule has 0 saturated heterocycles. The molecule has 0 radical (unpaired) electrons. The lowest BCUT2D eigenvalue weighted by Gasteiger charge is -2.02. The summed E-state index contributed by atoms with van der Waals surface area (Å²) < 4.78 is 0. The highest BCUT2D eigenvalue weighted by Gasteiger charge is 2.28. The van der Waals surface area contributed by atoms with Crippen LogP contribution in [0, 0.1) is 6.92 Å². The van der Waals surface area contributed by atoms with Crippen LogP contribution in [-0.4, -0.2) is 22.3 Å². The molecule has 0 amide bonds. The van der Waals surface area contributed by atoms with Crippen LogP contribution in [-0.2, 0) is 0 Å². The van der Waals surface area contributed by atoms with E-state index in [1.807, 2.05) is 12.1 Å². The zero-order valence-corrected chi connectivity index (χ0v) is 9.03. The Labute approximate surface area is 92.0 Å². The molecule has 0 saturated carbocycles. The predicted octanol–water partition coefficient (Wildman–Crippen LogP) is 2.25. The normalized spacial score (nSPS) is 22.6. The third kappa shape index (κ3) is 1.41. The second kappa shape index (κ2) is 3.31. The number of aryl methyl sites for hydroxylation is 1. The molecule has 1 aromatic carbocycles. The summed E-state index contributed by atoms with van der Waals surface area (Å²) in [5.74, 6) is 0. The number of aliphatic imine (C=N–C) groups is 1. The van der Waals surface area contributed by atoms with Crippen LogP contribution in [0.15, 0.2) is 39.5 Å². The predicted molar refractivity (Wildman–Crippen MR) is 65.0 cm³/mol. The van der Waals surface area contributed by atoms with Gasteiger partial charge in [-0.05, 0) is 24.2 Å². The van der Waals surface area contributed by atoms with E-state index < -0.39 is 0 Å². The highest BCUT2D eigenvalue weighted by molar-refractivity contribution is 8.27. The maximum atomic E-state index is 4.58. The Bertz CT molecular complexity index is 502. The van der Waals surface area contributed by atoms with Crippen molar-refractivity contribution in [2.75, 3.05) is 0 Å². The zero-order valence-electron chi connectivity index (χ0n) is 8.21. The van der Waals surface area contributed by atoms with E-state index >= 15 is 0 Å². The molecule has 2 aliphatic rings. The van der Waals surface area contributed by atoms with Crippen molar-refractivity contribution in [3.05, 3.63) is 35.4 Å². The molecular weight excluding hydrogens is 206 g/mol. The summed E-state index contributed by atoms with van der Waals surface area (Å²) in [5, 5.41) is 9.94. The van der Waals surface area contributed by atoms with Gasteiger partial charge >= 0.3 is 0 Å². The molecule has 0 spiro atoms. The fourth-order valence-corrected chi connectivity index (χ4v) is 2.66. The highest BCUT2D eigenvalue weighted by atomic mass is 32.2. The third-order valence-corrected chi connectivity index (χ3v) is 3.50. The van der Waals surface area contributed by atoms with Gasteiger partial charge in [0.25, 0.3) is 0 Å². The molecule has 3 nitrogen and oxygen atoms in total. The Balaban J connectivity index is 2.01. The van der Waals surface area contributed by atoms with Gasteiger partial charge in [-0.3, -0.25) is 4.99 Å². The molecule has 1 atom stereocenters. The first-order valence-corrected chi connectivity index (χ1v) is 5.59. The number of fused-ring (bicyclic) bond motifs is 1. The Morgan fingerprint density at radius 2 is 2.13 bits per heavy atom. The van der Waals surface area contributed by atoms with E-state index in [0.717, 1.165) is 10.1 Å². The minimum Gasteiger partial charge on any atom is -0.261 e. The van der Waals surface area contributed by atoms with Crippen LogP contribution in [0.5, 0.6) is 0 Å². The van der Waals surface area contributed by atoms with Gasteiger partial charge in [0, 0.05) is 5.56 Å². The largest absolute Gasteiger partial charge is 0.261 e. The lowest BCUT2D eigenvalue weighted by molar-refractivity contribution is 1.22. The molecule has 3 rings (SSSR count). The van der Waals surface area contributed by atoms with Gasteiger partial charge in [-0.2, -0.15) is 5.10 Å². The highest BCUT2D eigenvalue weighted by Crippen LogP contribution is 2.29. The molecule has 0 aromatic heterocycles. The smallest absolute Gasteiger partial charge is 0.138 e. The lowest BCUT2D eigenvalue weighted by Crippen LogP contribution is -2.06. The molecule has 74 valence electrons. The average Bonchev–Trinajstić information content (AvgIpc) is 2.77. The first kappa shape index (κ1) is 8.85. The quantitative estimate of drug-likeness (QED) is 0.708. The Hall–Kier alpha value is -1.42. The van der Waals surface area contributed by atoms with E-state index in [1.165, 1.54) is 11.1 Å². The van der Waals surface area contributed by atoms with Gasteiger partial charge < -0.3 is 0 Å². The van der Waals surface area contributed by atoms with E-state index in [0.29, 0.717) is 0 Å². The van der Waals surface area contributed by atoms with Crippen LogP contribution in [0.3, 0.4) is 0 Å². The first-order chi connectivity index (χ1) is 7.34. The summed E-state index contributed by atoms with van der Waals surface area (Å²) in [6.07, 6.45) is 1.79. The van der Waals surface area contributed by atoms with Crippen LogP contribution >= 0.6 is 11.8 Å². The van der Waals surface area contributed by atoms with Crippen molar-refractivity contribution in [3.8, 4) is 0 Å². The molecule has 0 N–H and O–H groups in total. The van der Waals surface area contributed by atoms with Crippen LogP contribution in [0.25, 0.3) is 0 Å². The summed E-state index contributed by atoms with van der Waals surface area (Å²) in [7, 11) is 0. The fourth-order valence-electron chi connectivity index (χ4n) is 1.63. The monoisotopic (exact) mass is 215 g/mol.